The summed E-state index contributed by atoms with van der Waals surface area (Å²) < 4.78 is 0. The fraction of sp³-hybridized carbons (Fsp3) is 0.467. The summed E-state index contributed by atoms with van der Waals surface area (Å²) in [5.41, 5.74) is 0.710. The lowest BCUT2D eigenvalue weighted by Crippen LogP contribution is -2.50. The molecule has 0 bridgehead atoms. The summed E-state index contributed by atoms with van der Waals surface area (Å²) in [6.45, 7) is 7.20. The van der Waals surface area contributed by atoms with Crippen molar-refractivity contribution < 1.29 is 0 Å². The van der Waals surface area contributed by atoms with Crippen LogP contribution in [0.2, 0.25) is 0 Å². The van der Waals surface area contributed by atoms with Crippen LogP contribution in [0.4, 0.5) is 0 Å². The van der Waals surface area contributed by atoms with Crippen LogP contribution in [0.15, 0.2) is 29.1 Å². The van der Waals surface area contributed by atoms with Crippen molar-refractivity contribution in [3.8, 4) is 0 Å². The van der Waals surface area contributed by atoms with Gasteiger partial charge in [0.05, 0.1) is 16.9 Å². The fourth-order valence-corrected chi connectivity index (χ4v) is 2.79. The lowest BCUT2D eigenvalue weighted by atomic mass is 10.1. The van der Waals surface area contributed by atoms with Gasteiger partial charge in [0.1, 0.15) is 5.82 Å². The molecule has 3 rings (SSSR count). The highest BCUT2D eigenvalue weighted by Gasteiger charge is 2.23. The van der Waals surface area contributed by atoms with Gasteiger partial charge in [-0.3, -0.25) is 9.69 Å². The van der Waals surface area contributed by atoms with Crippen molar-refractivity contribution in [3.63, 3.8) is 0 Å². The molecule has 0 radical (unpaired) electrons. The minimum Gasteiger partial charge on any atom is -0.312 e. The van der Waals surface area contributed by atoms with Crippen LogP contribution < -0.4 is 10.9 Å². The molecule has 0 unspecified atom stereocenters. The molecule has 0 spiro atoms. The molecule has 20 heavy (non-hydrogen) atoms. The van der Waals surface area contributed by atoms with Gasteiger partial charge >= 0.3 is 0 Å². The number of nitrogens with one attached hydrogen (secondary N) is 2. The first-order valence-corrected chi connectivity index (χ1v) is 7.11. The quantitative estimate of drug-likeness (QED) is 0.864. The third-order valence-corrected chi connectivity index (χ3v) is 3.97. The van der Waals surface area contributed by atoms with Crippen molar-refractivity contribution in [2.75, 3.05) is 19.6 Å². The molecule has 2 N–H and O–H groups in total. The van der Waals surface area contributed by atoms with Gasteiger partial charge in [-0.15, -0.1) is 0 Å². The zero-order chi connectivity index (χ0) is 14.1. The Bertz CT molecular complexity index is 666. The van der Waals surface area contributed by atoms with E-state index in [0.29, 0.717) is 11.4 Å². The Morgan fingerprint density at radius 1 is 1.40 bits per heavy atom. The van der Waals surface area contributed by atoms with Crippen LogP contribution >= 0.6 is 0 Å². The van der Waals surface area contributed by atoms with Gasteiger partial charge in [-0.1, -0.05) is 12.1 Å². The predicted octanol–water partition coefficient (Wildman–Crippen LogP) is 1.28. The molecular weight excluding hydrogens is 252 g/mol. The molecule has 0 amide bonds. The van der Waals surface area contributed by atoms with Crippen molar-refractivity contribution in [2.24, 2.45) is 0 Å². The van der Waals surface area contributed by atoms with E-state index in [1.165, 1.54) is 0 Å². The van der Waals surface area contributed by atoms with Crippen LogP contribution in [0.1, 0.15) is 25.7 Å². The standard InChI is InChI=1S/C15H20N4O/c1-10-9-19(8-7-16-10)11(2)14-17-13-6-4-3-5-12(13)15(20)18-14/h3-6,10-11,16H,7-9H2,1-2H3,(H,17,18,20)/t10-,11-/m1/s1. The van der Waals surface area contributed by atoms with E-state index in [0.717, 1.165) is 31.0 Å². The molecule has 1 fully saturated rings. The third kappa shape index (κ3) is 2.46. The Kier molecular flexibility index (Phi) is 3.54. The van der Waals surface area contributed by atoms with Crippen molar-refractivity contribution in [1.82, 2.24) is 20.2 Å². The monoisotopic (exact) mass is 272 g/mol. The molecule has 5 nitrogen and oxygen atoms in total. The minimum atomic E-state index is -0.0550. The Morgan fingerprint density at radius 3 is 3.00 bits per heavy atom. The number of nitrogens with zero attached hydrogens (tertiary/aromatic N) is 2. The van der Waals surface area contributed by atoms with Crippen LogP contribution in [-0.4, -0.2) is 40.5 Å². The van der Waals surface area contributed by atoms with E-state index < -0.39 is 0 Å². The predicted molar refractivity (Wildman–Crippen MR) is 79.8 cm³/mol. The second kappa shape index (κ2) is 5.34. The first kappa shape index (κ1) is 13.3. The third-order valence-electron chi connectivity index (χ3n) is 3.97. The fourth-order valence-electron chi connectivity index (χ4n) is 2.79. The van der Waals surface area contributed by atoms with Gasteiger partial charge in [0.2, 0.25) is 0 Å². The summed E-state index contributed by atoms with van der Waals surface area (Å²) in [6, 6.07) is 8.07. The SMILES string of the molecule is C[C@@H]1CN([C@H](C)c2nc3ccccc3c(=O)[nH]2)CCN1. The van der Waals surface area contributed by atoms with Crippen LogP contribution in [0.25, 0.3) is 10.9 Å². The van der Waals surface area contributed by atoms with E-state index in [9.17, 15) is 4.79 Å². The smallest absolute Gasteiger partial charge is 0.258 e. The lowest BCUT2D eigenvalue weighted by Gasteiger charge is -2.35. The lowest BCUT2D eigenvalue weighted by molar-refractivity contribution is 0.153. The molecule has 5 heteroatoms. The summed E-state index contributed by atoms with van der Waals surface area (Å²) in [6.07, 6.45) is 0. The Balaban J connectivity index is 1.95. The van der Waals surface area contributed by atoms with Crippen LogP contribution in [0.5, 0.6) is 0 Å². The van der Waals surface area contributed by atoms with Crippen LogP contribution in [-0.2, 0) is 0 Å². The van der Waals surface area contributed by atoms with E-state index in [1.54, 1.807) is 0 Å². The van der Waals surface area contributed by atoms with E-state index >= 15 is 0 Å². The first-order valence-electron chi connectivity index (χ1n) is 7.11. The average molecular weight is 272 g/mol. The molecule has 106 valence electrons. The maximum absolute atomic E-state index is 12.1. The molecular formula is C15H20N4O. The van der Waals surface area contributed by atoms with Crippen LogP contribution in [0.3, 0.4) is 0 Å². The topological polar surface area (TPSA) is 61.0 Å². The largest absolute Gasteiger partial charge is 0.312 e. The minimum absolute atomic E-state index is 0.0550. The van der Waals surface area contributed by atoms with Gasteiger partial charge in [0, 0.05) is 25.7 Å². The Hall–Kier alpha value is -1.72. The van der Waals surface area contributed by atoms with Crippen LogP contribution in [0, 0.1) is 0 Å². The van der Waals surface area contributed by atoms with Crippen molar-refractivity contribution in [1.29, 1.82) is 0 Å². The van der Waals surface area contributed by atoms with Gasteiger partial charge in [-0.25, -0.2) is 4.98 Å². The van der Waals surface area contributed by atoms with Gasteiger partial charge in [0.25, 0.3) is 5.56 Å². The highest BCUT2D eigenvalue weighted by molar-refractivity contribution is 5.77. The molecule has 0 saturated carbocycles. The van der Waals surface area contributed by atoms with Gasteiger partial charge in [0.15, 0.2) is 0 Å². The highest BCUT2D eigenvalue weighted by Crippen LogP contribution is 2.18. The Labute approximate surface area is 118 Å². The number of aromatic amines is 1. The second-order valence-electron chi connectivity index (χ2n) is 5.49. The van der Waals surface area contributed by atoms with E-state index in [-0.39, 0.29) is 11.6 Å². The van der Waals surface area contributed by atoms with E-state index in [2.05, 4.69) is 34.0 Å². The van der Waals surface area contributed by atoms with Gasteiger partial charge in [-0.05, 0) is 26.0 Å². The molecule has 1 saturated heterocycles. The Morgan fingerprint density at radius 2 is 2.20 bits per heavy atom. The maximum atomic E-state index is 12.1. The van der Waals surface area contributed by atoms with E-state index in [4.69, 9.17) is 0 Å². The maximum Gasteiger partial charge on any atom is 0.258 e. The molecule has 2 heterocycles. The number of rotatable bonds is 2. The normalized spacial score (nSPS) is 22.0. The first-order chi connectivity index (χ1) is 9.65. The average Bonchev–Trinajstić information content (AvgIpc) is 2.46. The number of fused-ring (bicyclic) bond motifs is 1. The molecule has 1 aliphatic rings. The van der Waals surface area contributed by atoms with Gasteiger partial charge in [-0.2, -0.15) is 0 Å². The summed E-state index contributed by atoms with van der Waals surface area (Å²) in [5, 5.41) is 4.08. The second-order valence-corrected chi connectivity index (χ2v) is 5.49. The summed E-state index contributed by atoms with van der Waals surface area (Å²) in [4.78, 5) is 22.0. The highest BCUT2D eigenvalue weighted by atomic mass is 16.1. The van der Waals surface area contributed by atoms with Crippen molar-refractivity contribution >= 4 is 10.9 Å². The van der Waals surface area contributed by atoms with Crippen molar-refractivity contribution in [2.45, 2.75) is 25.9 Å². The summed E-state index contributed by atoms with van der Waals surface area (Å²) >= 11 is 0. The molecule has 2 atom stereocenters. The van der Waals surface area contributed by atoms with E-state index in [1.807, 2.05) is 24.3 Å². The van der Waals surface area contributed by atoms with Gasteiger partial charge < -0.3 is 10.3 Å². The zero-order valence-electron chi connectivity index (χ0n) is 11.9. The molecule has 2 aromatic rings. The number of hydrogen-bond acceptors (Lipinski definition) is 4. The molecule has 1 aromatic carbocycles. The van der Waals surface area contributed by atoms with Crippen molar-refractivity contribution in [3.05, 3.63) is 40.4 Å². The molecule has 1 aromatic heterocycles. The zero-order valence-corrected chi connectivity index (χ0v) is 11.9. The number of H-pyrrole nitrogens is 1. The number of piperazine rings is 1. The number of para-hydroxylation sites is 1. The number of hydrogen-bond donors (Lipinski definition) is 2. The molecule has 1 aliphatic heterocycles. The summed E-state index contributed by atoms with van der Waals surface area (Å²) in [7, 11) is 0. The number of aromatic nitrogens is 2. The summed E-state index contributed by atoms with van der Waals surface area (Å²) in [5.74, 6) is 0.753. The molecule has 0 aliphatic carbocycles. The number of benzene rings is 1.